The van der Waals surface area contributed by atoms with Crippen molar-refractivity contribution in [3.8, 4) is 17.0 Å². The van der Waals surface area contributed by atoms with Crippen molar-refractivity contribution in [1.82, 2.24) is 19.5 Å². The first kappa shape index (κ1) is 23.7. The number of allylic oxidation sites excluding steroid dienone is 2. The van der Waals surface area contributed by atoms with Gasteiger partial charge in [-0.05, 0) is 30.7 Å². The number of hydrogen-bond donors (Lipinski definition) is 2. The number of nitrogens with two attached hydrogens (primary N) is 1. The van der Waals surface area contributed by atoms with Gasteiger partial charge in [0.2, 0.25) is 5.88 Å². The molecule has 0 saturated carbocycles. The van der Waals surface area contributed by atoms with Gasteiger partial charge in [-0.15, -0.1) is 0 Å². The lowest BCUT2D eigenvalue weighted by Crippen LogP contribution is -2.41. The maximum atomic E-state index is 14.6. The molecule has 3 aromatic rings. The van der Waals surface area contributed by atoms with E-state index in [9.17, 15) is 9.18 Å². The number of benzene rings is 1. The predicted molar refractivity (Wildman–Crippen MR) is 137 cm³/mol. The van der Waals surface area contributed by atoms with Crippen LogP contribution in [0.5, 0.6) is 5.88 Å². The summed E-state index contributed by atoms with van der Waals surface area (Å²) in [6.45, 7) is 2.83. The number of fused-ring (bicyclic) bond motifs is 5. The molecule has 11 heteroatoms. The van der Waals surface area contributed by atoms with Crippen LogP contribution >= 0.6 is 0 Å². The summed E-state index contributed by atoms with van der Waals surface area (Å²) in [6.07, 6.45) is 5.01. The van der Waals surface area contributed by atoms with Gasteiger partial charge < -0.3 is 25.4 Å². The highest BCUT2D eigenvalue weighted by molar-refractivity contribution is 6.11. The number of ether oxygens (including phenoxy) is 2. The summed E-state index contributed by atoms with van der Waals surface area (Å²) in [5, 5.41) is 7.69. The number of methoxy groups -OCH3 is 1. The van der Waals surface area contributed by atoms with E-state index < -0.39 is 11.9 Å². The van der Waals surface area contributed by atoms with Crippen molar-refractivity contribution in [1.29, 1.82) is 0 Å². The number of nitrogens with zero attached hydrogens (tertiary/aromatic N) is 5. The molecule has 0 spiro atoms. The molecule has 0 aliphatic carbocycles. The van der Waals surface area contributed by atoms with Crippen LogP contribution in [0.1, 0.15) is 20.3 Å². The summed E-state index contributed by atoms with van der Waals surface area (Å²) in [4.78, 5) is 23.6. The van der Waals surface area contributed by atoms with Crippen LogP contribution < -0.4 is 15.8 Å². The normalized spacial score (nSPS) is 20.8. The molecule has 0 radical (unpaired) electrons. The van der Waals surface area contributed by atoms with Crippen molar-refractivity contribution < 1.29 is 20.1 Å². The molecular formula is C25H30FN7O3. The van der Waals surface area contributed by atoms with E-state index >= 15 is 0 Å². The molecule has 1 fully saturated rings. The highest BCUT2D eigenvalue weighted by Gasteiger charge is 2.40. The molecule has 1 saturated heterocycles. The van der Waals surface area contributed by atoms with Crippen LogP contribution in [0.15, 0.2) is 41.3 Å². The zero-order valence-electron chi connectivity index (χ0n) is 20.4. The molecule has 4 heterocycles. The Morgan fingerprint density at radius 2 is 2.25 bits per heavy atom. The lowest BCUT2D eigenvalue weighted by molar-refractivity contribution is -0.136. The molecule has 2 aromatic heterocycles. The van der Waals surface area contributed by atoms with Crippen LogP contribution in [0.2, 0.25) is 0 Å². The highest BCUT2D eigenvalue weighted by Crippen LogP contribution is 2.32. The zero-order chi connectivity index (χ0) is 25.4. The Hall–Kier alpha value is -3.99. The average molecular weight is 496 g/mol. The maximum absolute atomic E-state index is 14.6. The third-order valence-corrected chi connectivity index (χ3v) is 6.50. The standard InChI is InChI=1S/C25H28FN7O3.H2/c1-14(27)19(10-28-2)21-12-33-23-20(11-30-33)15-6-16(26)8-17(7-15)29-4-5-32-18(13-36-24(21)31-23)9-22(35-3)25(32)34;/h6-8,10-12,18,22,29H,4-5,9,13,27H2,1-3H3;1H/b19-14+,28-10?;/t18-,22+;/m0./s1. The number of carbonyl (C=O) groups is 1. The summed E-state index contributed by atoms with van der Waals surface area (Å²) < 4.78 is 27.9. The van der Waals surface area contributed by atoms with Gasteiger partial charge in [-0.2, -0.15) is 10.1 Å². The van der Waals surface area contributed by atoms with Crippen molar-refractivity contribution in [2.24, 2.45) is 10.7 Å². The molecule has 190 valence electrons. The second-order valence-corrected chi connectivity index (χ2v) is 8.88. The van der Waals surface area contributed by atoms with Gasteiger partial charge in [0, 0.05) is 70.0 Å². The lowest BCUT2D eigenvalue weighted by Gasteiger charge is -2.25. The van der Waals surface area contributed by atoms with E-state index in [1.807, 2.05) is 6.07 Å². The van der Waals surface area contributed by atoms with Crippen LogP contribution in [0.3, 0.4) is 0 Å². The minimum atomic E-state index is -0.541. The van der Waals surface area contributed by atoms with Crippen LogP contribution in [0.4, 0.5) is 10.1 Å². The number of halogens is 1. The fourth-order valence-corrected chi connectivity index (χ4v) is 4.74. The predicted octanol–water partition coefficient (Wildman–Crippen LogP) is 2.59. The van der Waals surface area contributed by atoms with Gasteiger partial charge >= 0.3 is 0 Å². The Morgan fingerprint density at radius 3 is 3.00 bits per heavy atom. The van der Waals surface area contributed by atoms with Gasteiger partial charge in [0.25, 0.3) is 5.91 Å². The van der Waals surface area contributed by atoms with E-state index in [4.69, 9.17) is 20.2 Å². The van der Waals surface area contributed by atoms with Crippen LogP contribution in [0, 0.1) is 5.82 Å². The molecule has 10 nitrogen and oxygen atoms in total. The number of rotatable bonds is 3. The zero-order valence-corrected chi connectivity index (χ0v) is 20.4. The molecular weight excluding hydrogens is 465 g/mol. The number of aromatic nitrogens is 3. The Kier molecular flexibility index (Phi) is 6.31. The number of hydrogen-bond acceptors (Lipinski definition) is 8. The fraction of sp³-hybridized carbons (Fsp3) is 0.360. The number of aliphatic imine (C=N–C) groups is 1. The first-order valence-electron chi connectivity index (χ1n) is 11.7. The monoisotopic (exact) mass is 495 g/mol. The Morgan fingerprint density at radius 1 is 1.42 bits per heavy atom. The number of anilines is 1. The minimum absolute atomic E-state index is 0. The van der Waals surface area contributed by atoms with E-state index in [-0.39, 0.29) is 20.0 Å². The van der Waals surface area contributed by atoms with Crippen molar-refractivity contribution >= 4 is 29.0 Å². The first-order valence-corrected chi connectivity index (χ1v) is 11.7. The quantitative estimate of drug-likeness (QED) is 0.536. The molecule has 3 N–H and O–H groups in total. The molecule has 2 atom stereocenters. The molecule has 1 aromatic carbocycles. The molecule has 1 amide bonds. The largest absolute Gasteiger partial charge is 0.475 e. The Labute approximate surface area is 209 Å². The summed E-state index contributed by atoms with van der Waals surface area (Å²) in [7, 11) is 3.18. The van der Waals surface area contributed by atoms with E-state index in [0.717, 1.165) is 0 Å². The van der Waals surface area contributed by atoms with Gasteiger partial charge in [-0.3, -0.25) is 9.79 Å². The van der Waals surface area contributed by atoms with Crippen molar-refractivity contribution in [2.75, 3.05) is 39.2 Å². The van der Waals surface area contributed by atoms with Gasteiger partial charge in [-0.1, -0.05) is 0 Å². The highest BCUT2D eigenvalue weighted by atomic mass is 19.1. The second-order valence-electron chi connectivity index (χ2n) is 8.88. The van der Waals surface area contributed by atoms with Crippen LogP contribution in [0.25, 0.3) is 22.3 Å². The average Bonchev–Trinajstić information content (AvgIpc) is 3.40. The molecule has 2 aliphatic rings. The molecule has 2 aliphatic heterocycles. The number of carbonyl (C=O) groups excluding carboxylic acids is 1. The summed E-state index contributed by atoms with van der Waals surface area (Å²) >= 11 is 0. The number of amides is 1. The Bertz CT molecular complexity index is 1390. The van der Waals surface area contributed by atoms with Crippen LogP contribution in [-0.2, 0) is 9.53 Å². The van der Waals surface area contributed by atoms with Crippen LogP contribution in [-0.4, -0.2) is 77.6 Å². The van der Waals surface area contributed by atoms with Gasteiger partial charge in [0.05, 0.1) is 17.8 Å². The van der Waals surface area contributed by atoms with E-state index in [1.165, 1.54) is 19.2 Å². The molecule has 4 bridgehead atoms. The van der Waals surface area contributed by atoms with Gasteiger partial charge in [0.15, 0.2) is 5.65 Å². The first-order chi connectivity index (χ1) is 17.4. The van der Waals surface area contributed by atoms with Gasteiger partial charge in [-0.25, -0.2) is 8.91 Å². The number of nitrogens with one attached hydrogen (secondary N) is 1. The van der Waals surface area contributed by atoms with E-state index in [2.05, 4.69) is 15.4 Å². The third-order valence-electron chi connectivity index (χ3n) is 6.50. The smallest absolute Gasteiger partial charge is 0.252 e. The fourth-order valence-electron chi connectivity index (χ4n) is 4.74. The molecule has 0 unspecified atom stereocenters. The van der Waals surface area contributed by atoms with E-state index in [1.54, 1.807) is 42.0 Å². The lowest BCUT2D eigenvalue weighted by atomic mass is 10.1. The second kappa shape index (κ2) is 9.57. The topological polar surface area (TPSA) is 119 Å². The van der Waals surface area contributed by atoms with Crippen molar-refractivity contribution in [3.63, 3.8) is 0 Å². The maximum Gasteiger partial charge on any atom is 0.252 e. The SMILES string of the molecule is CN=C/C(=C(/C)N)c1cn2ncc3c2nc1OC[C@@H]1C[C@@H](OC)C(=O)N1CCNc1cc(F)cc-3c1.[HH]. The summed E-state index contributed by atoms with van der Waals surface area (Å²) in [5.74, 6) is -0.172. The third kappa shape index (κ3) is 4.26. The van der Waals surface area contributed by atoms with Crippen molar-refractivity contribution in [3.05, 3.63) is 47.7 Å². The van der Waals surface area contributed by atoms with Crippen molar-refractivity contribution in [2.45, 2.75) is 25.5 Å². The van der Waals surface area contributed by atoms with Gasteiger partial charge in [0.1, 0.15) is 18.5 Å². The summed E-state index contributed by atoms with van der Waals surface area (Å²) in [6, 6.07) is 4.47. The van der Waals surface area contributed by atoms with E-state index in [0.29, 0.717) is 64.7 Å². The molecule has 36 heavy (non-hydrogen) atoms. The Balaban J connectivity index is 0.00000320. The minimum Gasteiger partial charge on any atom is -0.475 e. The molecule has 5 rings (SSSR count). The summed E-state index contributed by atoms with van der Waals surface area (Å²) in [5.41, 5.74) is 10.3.